The monoisotopic (exact) mass is 385 g/mol. The summed E-state index contributed by atoms with van der Waals surface area (Å²) in [5, 5.41) is 0. The van der Waals surface area contributed by atoms with Crippen molar-refractivity contribution in [2.45, 2.75) is 19.5 Å². The molecule has 0 bridgehead atoms. The lowest BCUT2D eigenvalue weighted by Crippen LogP contribution is -2.50. The Bertz CT molecular complexity index is 831. The first-order valence-electron chi connectivity index (χ1n) is 9.65. The zero-order chi connectivity index (χ0) is 19.5. The Kier molecular flexibility index (Phi) is 5.43. The van der Waals surface area contributed by atoms with Crippen LogP contribution in [0.4, 0.5) is 4.39 Å². The molecule has 2 aliphatic rings. The lowest BCUT2D eigenvalue weighted by Gasteiger charge is -2.36. The molecule has 0 saturated carbocycles. The van der Waals surface area contributed by atoms with E-state index < -0.39 is 0 Å². The molecule has 1 aromatic heterocycles. The highest BCUT2D eigenvalue weighted by Crippen LogP contribution is 2.23. The lowest BCUT2D eigenvalue weighted by atomic mass is 10.1. The highest BCUT2D eigenvalue weighted by Gasteiger charge is 2.37. The van der Waals surface area contributed by atoms with Crippen molar-refractivity contribution in [2.24, 2.45) is 5.92 Å². The number of likely N-dealkylation sites (tertiary alicyclic amines) is 1. The van der Waals surface area contributed by atoms with Gasteiger partial charge in [-0.1, -0.05) is 18.2 Å². The maximum Gasteiger partial charge on any atom is 0.228 e. The number of benzene rings is 1. The van der Waals surface area contributed by atoms with Crippen LogP contribution in [0.1, 0.15) is 17.7 Å². The Morgan fingerprint density at radius 2 is 1.86 bits per heavy atom. The van der Waals surface area contributed by atoms with Crippen molar-refractivity contribution in [3.63, 3.8) is 0 Å². The van der Waals surface area contributed by atoms with E-state index in [0.29, 0.717) is 51.4 Å². The number of halogens is 1. The molecule has 2 fully saturated rings. The van der Waals surface area contributed by atoms with E-state index in [9.17, 15) is 14.0 Å². The number of carbonyl (C=O) groups is 2. The molecule has 2 amide bonds. The number of nitrogens with zero attached hydrogens (tertiary/aromatic N) is 3. The average molecular weight is 385 g/mol. The smallest absolute Gasteiger partial charge is 0.228 e. The SMILES string of the molecule is O=C1CC(C(=O)N2CCN(Cc3ccccc3F)CC2)CN1Cc1ccco1. The van der Waals surface area contributed by atoms with E-state index >= 15 is 0 Å². The van der Waals surface area contributed by atoms with Gasteiger partial charge in [0.25, 0.3) is 0 Å². The first-order valence-corrected chi connectivity index (χ1v) is 9.65. The number of piperazine rings is 1. The minimum atomic E-state index is -0.291. The van der Waals surface area contributed by atoms with E-state index in [4.69, 9.17) is 4.42 Å². The van der Waals surface area contributed by atoms with Gasteiger partial charge in [0.05, 0.1) is 18.7 Å². The summed E-state index contributed by atoms with van der Waals surface area (Å²) in [7, 11) is 0. The van der Waals surface area contributed by atoms with Crippen molar-refractivity contribution in [1.82, 2.24) is 14.7 Å². The molecule has 7 heteroatoms. The second-order valence-corrected chi connectivity index (χ2v) is 7.45. The molecule has 2 aromatic rings. The van der Waals surface area contributed by atoms with Gasteiger partial charge in [-0.15, -0.1) is 0 Å². The van der Waals surface area contributed by atoms with Crippen molar-refractivity contribution >= 4 is 11.8 Å². The van der Waals surface area contributed by atoms with Crippen LogP contribution in [-0.4, -0.2) is 59.2 Å². The van der Waals surface area contributed by atoms with E-state index in [1.54, 1.807) is 29.4 Å². The summed E-state index contributed by atoms with van der Waals surface area (Å²) >= 11 is 0. The topological polar surface area (TPSA) is 57.0 Å². The Balaban J connectivity index is 1.28. The van der Waals surface area contributed by atoms with Gasteiger partial charge in [0.15, 0.2) is 0 Å². The molecule has 4 rings (SSSR count). The Labute approximate surface area is 163 Å². The summed E-state index contributed by atoms with van der Waals surface area (Å²) in [5.74, 6) is 0.277. The maximum absolute atomic E-state index is 13.8. The van der Waals surface area contributed by atoms with Crippen molar-refractivity contribution in [2.75, 3.05) is 32.7 Å². The lowest BCUT2D eigenvalue weighted by molar-refractivity contribution is -0.137. The maximum atomic E-state index is 13.8. The largest absolute Gasteiger partial charge is 0.467 e. The highest BCUT2D eigenvalue weighted by atomic mass is 19.1. The highest BCUT2D eigenvalue weighted by molar-refractivity contribution is 5.89. The van der Waals surface area contributed by atoms with Crippen LogP contribution < -0.4 is 0 Å². The number of carbonyl (C=O) groups excluding carboxylic acids is 2. The van der Waals surface area contributed by atoms with E-state index in [2.05, 4.69) is 4.90 Å². The van der Waals surface area contributed by atoms with Crippen LogP contribution in [0, 0.1) is 11.7 Å². The molecule has 0 radical (unpaired) electrons. The Hall–Kier alpha value is -2.67. The first-order chi connectivity index (χ1) is 13.6. The fourth-order valence-electron chi connectivity index (χ4n) is 3.93. The zero-order valence-electron chi connectivity index (χ0n) is 15.7. The molecule has 0 spiro atoms. The molecule has 0 aliphatic carbocycles. The summed E-state index contributed by atoms with van der Waals surface area (Å²) in [6.45, 7) is 4.02. The van der Waals surface area contributed by atoms with E-state index in [-0.39, 0.29) is 30.0 Å². The minimum Gasteiger partial charge on any atom is -0.467 e. The van der Waals surface area contributed by atoms with Crippen molar-refractivity contribution in [3.8, 4) is 0 Å². The average Bonchev–Trinajstić information content (AvgIpc) is 3.34. The molecule has 2 aliphatic heterocycles. The molecule has 0 N–H and O–H groups in total. The van der Waals surface area contributed by atoms with Gasteiger partial charge in [0.1, 0.15) is 11.6 Å². The van der Waals surface area contributed by atoms with Crippen molar-refractivity contribution < 1.29 is 18.4 Å². The molecule has 28 heavy (non-hydrogen) atoms. The van der Waals surface area contributed by atoms with Crippen LogP contribution in [0.5, 0.6) is 0 Å². The molecular formula is C21H24FN3O3. The van der Waals surface area contributed by atoms with Gasteiger partial charge in [-0.05, 0) is 18.2 Å². The van der Waals surface area contributed by atoms with Crippen LogP contribution in [0.2, 0.25) is 0 Å². The standard InChI is InChI=1S/C21H24FN3O3/c22-19-6-2-1-4-16(19)13-23-7-9-24(10-8-23)21(27)17-12-20(26)25(14-17)15-18-5-3-11-28-18/h1-6,11,17H,7-10,12-15H2. The van der Waals surface area contributed by atoms with Crippen molar-refractivity contribution in [1.29, 1.82) is 0 Å². The predicted molar refractivity (Wildman–Crippen MR) is 100 cm³/mol. The number of furan rings is 1. The van der Waals surface area contributed by atoms with E-state index in [1.807, 2.05) is 17.0 Å². The first kappa shape index (κ1) is 18.7. The zero-order valence-corrected chi connectivity index (χ0v) is 15.7. The summed E-state index contributed by atoms with van der Waals surface area (Å²) < 4.78 is 19.1. The van der Waals surface area contributed by atoms with Crippen LogP contribution in [0.25, 0.3) is 0 Å². The molecule has 1 aromatic carbocycles. The van der Waals surface area contributed by atoms with Crippen molar-refractivity contribution in [3.05, 3.63) is 59.8 Å². The van der Waals surface area contributed by atoms with Gasteiger partial charge in [-0.2, -0.15) is 0 Å². The summed E-state index contributed by atoms with van der Waals surface area (Å²) in [6.07, 6.45) is 1.84. The quantitative estimate of drug-likeness (QED) is 0.791. The second kappa shape index (κ2) is 8.14. The Morgan fingerprint density at radius 1 is 1.07 bits per heavy atom. The fourth-order valence-corrected chi connectivity index (χ4v) is 3.93. The normalized spacial score (nSPS) is 20.8. The molecular weight excluding hydrogens is 361 g/mol. The van der Waals surface area contributed by atoms with Crippen LogP contribution in [-0.2, 0) is 22.7 Å². The minimum absolute atomic E-state index is 0.00654. The summed E-state index contributed by atoms with van der Waals surface area (Å²) in [6, 6.07) is 10.4. The molecule has 148 valence electrons. The predicted octanol–water partition coefficient (Wildman–Crippen LogP) is 2.11. The number of amides is 2. The van der Waals surface area contributed by atoms with Crippen LogP contribution in [0.3, 0.4) is 0 Å². The van der Waals surface area contributed by atoms with Crippen LogP contribution >= 0.6 is 0 Å². The third kappa shape index (κ3) is 4.09. The van der Waals surface area contributed by atoms with Crippen LogP contribution in [0.15, 0.2) is 47.1 Å². The molecule has 1 unspecified atom stereocenters. The fraction of sp³-hybridized carbons (Fsp3) is 0.429. The number of hydrogen-bond acceptors (Lipinski definition) is 4. The second-order valence-electron chi connectivity index (χ2n) is 7.45. The molecule has 6 nitrogen and oxygen atoms in total. The van der Waals surface area contributed by atoms with Gasteiger partial charge in [0, 0.05) is 51.3 Å². The summed E-state index contributed by atoms with van der Waals surface area (Å²) in [4.78, 5) is 30.8. The van der Waals surface area contributed by atoms with Gasteiger partial charge in [-0.25, -0.2) is 4.39 Å². The molecule has 1 atom stereocenters. The summed E-state index contributed by atoms with van der Waals surface area (Å²) in [5.41, 5.74) is 0.678. The van der Waals surface area contributed by atoms with Gasteiger partial charge >= 0.3 is 0 Å². The molecule has 3 heterocycles. The van der Waals surface area contributed by atoms with Gasteiger partial charge in [0.2, 0.25) is 11.8 Å². The van der Waals surface area contributed by atoms with E-state index in [0.717, 1.165) is 5.76 Å². The molecule has 2 saturated heterocycles. The third-order valence-corrected chi connectivity index (χ3v) is 5.53. The van der Waals surface area contributed by atoms with Gasteiger partial charge < -0.3 is 14.2 Å². The van der Waals surface area contributed by atoms with E-state index in [1.165, 1.54) is 6.07 Å². The van der Waals surface area contributed by atoms with Gasteiger partial charge in [-0.3, -0.25) is 14.5 Å². The number of hydrogen-bond donors (Lipinski definition) is 0. The Morgan fingerprint density at radius 3 is 2.57 bits per heavy atom. The number of rotatable bonds is 5. The third-order valence-electron chi connectivity index (χ3n) is 5.53.